The molecule has 0 unspecified atom stereocenters. The molecule has 0 bridgehead atoms. The van der Waals surface area contributed by atoms with E-state index in [-0.39, 0.29) is 6.04 Å². The zero-order valence-corrected chi connectivity index (χ0v) is 9.57. The van der Waals surface area contributed by atoms with Crippen LogP contribution in [0.5, 0.6) is 0 Å². The molecule has 84 valence electrons. The summed E-state index contributed by atoms with van der Waals surface area (Å²) < 4.78 is 5.20. The number of hydrogen-bond acceptors (Lipinski definition) is 3. The van der Waals surface area contributed by atoms with E-state index in [4.69, 9.17) is 22.1 Å². The average molecular weight is 237 g/mol. The van der Waals surface area contributed by atoms with E-state index < -0.39 is 0 Å². The molecule has 3 rings (SSSR count). The van der Waals surface area contributed by atoms with E-state index in [0.29, 0.717) is 18.5 Å². The van der Waals surface area contributed by atoms with E-state index in [1.54, 1.807) is 0 Å². The van der Waals surface area contributed by atoms with Crippen LogP contribution in [0.2, 0.25) is 5.02 Å². The van der Waals surface area contributed by atoms with Crippen LogP contribution in [0.15, 0.2) is 23.2 Å². The lowest BCUT2D eigenvalue weighted by molar-refractivity contribution is 0.314. The second-order valence-corrected chi connectivity index (χ2v) is 4.78. The summed E-state index contributed by atoms with van der Waals surface area (Å²) >= 11 is 6.03. The van der Waals surface area contributed by atoms with E-state index in [1.807, 2.05) is 12.1 Å². The first kappa shape index (κ1) is 9.97. The third-order valence-electron chi connectivity index (χ3n) is 3.10. The number of nitrogens with two attached hydrogens (primary N) is 1. The minimum absolute atomic E-state index is 0.0490. The van der Waals surface area contributed by atoms with Gasteiger partial charge in [0.05, 0.1) is 0 Å². The molecule has 3 nitrogen and oxygen atoms in total. The quantitative estimate of drug-likeness (QED) is 0.858. The van der Waals surface area contributed by atoms with Crippen molar-refractivity contribution >= 4 is 17.6 Å². The minimum atomic E-state index is 0.0490. The van der Waals surface area contributed by atoms with Gasteiger partial charge >= 0.3 is 0 Å². The lowest BCUT2D eigenvalue weighted by atomic mass is 9.98. The first-order valence-electron chi connectivity index (χ1n) is 5.49. The van der Waals surface area contributed by atoms with Crippen LogP contribution in [0.1, 0.15) is 35.9 Å². The number of halogens is 1. The number of ether oxygens (including phenoxy) is 1. The summed E-state index contributed by atoms with van der Waals surface area (Å²) in [6, 6.07) is 6.35. The Morgan fingerprint density at radius 2 is 2.12 bits per heavy atom. The second kappa shape index (κ2) is 3.67. The van der Waals surface area contributed by atoms with Crippen molar-refractivity contribution in [2.24, 2.45) is 10.7 Å². The Balaban J connectivity index is 1.99. The smallest absolute Gasteiger partial charge is 0.282 e. The lowest BCUT2D eigenvalue weighted by Gasteiger charge is -2.12. The Morgan fingerprint density at radius 1 is 1.31 bits per heavy atom. The highest BCUT2D eigenvalue weighted by atomic mass is 35.5. The van der Waals surface area contributed by atoms with Crippen LogP contribution < -0.4 is 5.73 Å². The molecule has 0 saturated heterocycles. The van der Waals surface area contributed by atoms with Crippen molar-refractivity contribution in [1.29, 1.82) is 0 Å². The van der Waals surface area contributed by atoms with Crippen LogP contribution in [0.25, 0.3) is 0 Å². The molecule has 4 heteroatoms. The molecule has 1 aliphatic heterocycles. The van der Waals surface area contributed by atoms with Gasteiger partial charge in [0.25, 0.3) is 6.02 Å². The van der Waals surface area contributed by atoms with E-state index in [1.165, 1.54) is 24.0 Å². The number of aliphatic imine (C=N–C) groups is 1. The minimum Gasteiger partial charge on any atom is -0.463 e. The van der Waals surface area contributed by atoms with Gasteiger partial charge < -0.3 is 10.5 Å². The van der Waals surface area contributed by atoms with Crippen LogP contribution in [0.3, 0.4) is 0 Å². The highest BCUT2D eigenvalue weighted by Crippen LogP contribution is 2.44. The molecule has 0 aromatic heterocycles. The SMILES string of the molecule is NC1=N[C@H](c2ccc(Cl)cc2C2CC2)CO1. The number of hydrogen-bond donors (Lipinski definition) is 1. The normalized spacial score (nSPS) is 24.1. The van der Waals surface area contributed by atoms with Gasteiger partial charge in [0.2, 0.25) is 0 Å². The summed E-state index contributed by atoms with van der Waals surface area (Å²) in [5, 5.41) is 0.793. The molecule has 1 aromatic carbocycles. The van der Waals surface area contributed by atoms with Crippen molar-refractivity contribution in [3.05, 3.63) is 34.3 Å². The van der Waals surface area contributed by atoms with Crippen LogP contribution >= 0.6 is 11.6 Å². The first-order chi connectivity index (χ1) is 7.74. The molecule has 1 atom stereocenters. The molecule has 1 fully saturated rings. The summed E-state index contributed by atoms with van der Waals surface area (Å²) in [4.78, 5) is 4.29. The molecule has 1 saturated carbocycles. The molecule has 1 aliphatic carbocycles. The van der Waals surface area contributed by atoms with Gasteiger partial charge in [0.1, 0.15) is 12.6 Å². The molecular weight excluding hydrogens is 224 g/mol. The van der Waals surface area contributed by atoms with Crippen LogP contribution in [0, 0.1) is 0 Å². The summed E-state index contributed by atoms with van der Waals surface area (Å²) in [7, 11) is 0. The summed E-state index contributed by atoms with van der Waals surface area (Å²) in [5.41, 5.74) is 8.07. The van der Waals surface area contributed by atoms with Crippen molar-refractivity contribution in [2.75, 3.05) is 6.61 Å². The number of rotatable bonds is 2. The van der Waals surface area contributed by atoms with Gasteiger partial charge in [-0.25, -0.2) is 4.99 Å². The Kier molecular flexibility index (Phi) is 2.28. The topological polar surface area (TPSA) is 47.6 Å². The number of amidine groups is 1. The molecule has 2 aliphatic rings. The van der Waals surface area contributed by atoms with Gasteiger partial charge in [-0.3, -0.25) is 0 Å². The fourth-order valence-corrected chi connectivity index (χ4v) is 2.33. The summed E-state index contributed by atoms with van der Waals surface area (Å²) in [6.45, 7) is 0.549. The summed E-state index contributed by atoms with van der Waals surface area (Å²) in [5.74, 6) is 0.658. The molecule has 0 spiro atoms. The van der Waals surface area contributed by atoms with Crippen molar-refractivity contribution < 1.29 is 4.74 Å². The average Bonchev–Trinajstić information content (AvgIpc) is 3.02. The van der Waals surface area contributed by atoms with E-state index in [9.17, 15) is 0 Å². The van der Waals surface area contributed by atoms with Gasteiger partial charge in [0, 0.05) is 5.02 Å². The van der Waals surface area contributed by atoms with Gasteiger partial charge in [-0.15, -0.1) is 0 Å². The monoisotopic (exact) mass is 236 g/mol. The number of nitrogens with zero attached hydrogens (tertiary/aromatic N) is 1. The van der Waals surface area contributed by atoms with Crippen molar-refractivity contribution in [1.82, 2.24) is 0 Å². The molecule has 16 heavy (non-hydrogen) atoms. The fourth-order valence-electron chi connectivity index (χ4n) is 2.15. The zero-order chi connectivity index (χ0) is 11.1. The molecule has 0 radical (unpaired) electrons. The fraction of sp³-hybridized carbons (Fsp3) is 0.417. The van der Waals surface area contributed by atoms with Crippen molar-refractivity contribution in [3.63, 3.8) is 0 Å². The summed E-state index contributed by atoms with van der Waals surface area (Å²) in [6.07, 6.45) is 2.50. The Morgan fingerprint density at radius 3 is 2.75 bits per heavy atom. The molecule has 1 heterocycles. The van der Waals surface area contributed by atoms with Crippen LogP contribution in [-0.2, 0) is 4.74 Å². The molecule has 0 amide bonds. The maximum atomic E-state index is 6.03. The predicted molar refractivity (Wildman–Crippen MR) is 63.7 cm³/mol. The van der Waals surface area contributed by atoms with Gasteiger partial charge in [-0.1, -0.05) is 17.7 Å². The molecule has 2 N–H and O–H groups in total. The molecular formula is C12H13ClN2O. The van der Waals surface area contributed by atoms with E-state index in [2.05, 4.69) is 11.1 Å². The third kappa shape index (κ3) is 1.76. The van der Waals surface area contributed by atoms with E-state index in [0.717, 1.165) is 5.02 Å². The van der Waals surface area contributed by atoms with Crippen molar-refractivity contribution in [3.8, 4) is 0 Å². The van der Waals surface area contributed by atoms with E-state index >= 15 is 0 Å². The largest absolute Gasteiger partial charge is 0.463 e. The second-order valence-electron chi connectivity index (χ2n) is 4.34. The van der Waals surface area contributed by atoms with Crippen molar-refractivity contribution in [2.45, 2.75) is 24.8 Å². The maximum absolute atomic E-state index is 6.03. The number of benzene rings is 1. The highest BCUT2D eigenvalue weighted by molar-refractivity contribution is 6.30. The van der Waals surface area contributed by atoms with Gasteiger partial charge in [-0.05, 0) is 42.0 Å². The van der Waals surface area contributed by atoms with Gasteiger partial charge in [0.15, 0.2) is 0 Å². The maximum Gasteiger partial charge on any atom is 0.282 e. The van der Waals surface area contributed by atoms with Crippen LogP contribution in [0.4, 0.5) is 0 Å². The lowest BCUT2D eigenvalue weighted by Crippen LogP contribution is -2.10. The Hall–Kier alpha value is -1.22. The standard InChI is InChI=1S/C12H13ClN2O/c13-8-3-4-9(10(5-8)7-1-2-7)11-6-16-12(14)15-11/h3-5,7,11H,1-2,6H2,(H2,14,15)/t11-/m0/s1. The van der Waals surface area contributed by atoms with Gasteiger partial charge in [-0.2, -0.15) is 0 Å². The Bertz CT molecular complexity index is 454. The predicted octanol–water partition coefficient (Wildman–Crippen LogP) is 2.60. The van der Waals surface area contributed by atoms with Crippen LogP contribution in [-0.4, -0.2) is 12.6 Å². The zero-order valence-electron chi connectivity index (χ0n) is 8.82. The Labute approximate surface area is 99.3 Å². The highest BCUT2D eigenvalue weighted by Gasteiger charge is 2.30. The first-order valence-corrected chi connectivity index (χ1v) is 5.87. The third-order valence-corrected chi connectivity index (χ3v) is 3.33. The molecule has 1 aromatic rings.